The van der Waals surface area contributed by atoms with Crippen LogP contribution in [0.1, 0.15) is 16.8 Å². The van der Waals surface area contributed by atoms with Crippen LogP contribution >= 0.6 is 0 Å². The minimum Gasteiger partial charge on any atom is -0.340 e. The van der Waals surface area contributed by atoms with Gasteiger partial charge >= 0.3 is 6.03 Å². The maximum absolute atomic E-state index is 12.3. The number of benzene rings is 3. The lowest BCUT2D eigenvalue weighted by molar-refractivity contribution is 0.246. The van der Waals surface area contributed by atoms with Crippen molar-refractivity contribution in [2.24, 2.45) is 0 Å². The van der Waals surface area contributed by atoms with Crippen molar-refractivity contribution in [2.75, 3.05) is 6.54 Å². The van der Waals surface area contributed by atoms with E-state index in [2.05, 4.69) is 45.8 Å². The highest BCUT2D eigenvalue weighted by atomic mass is 32.2. The third-order valence-corrected chi connectivity index (χ3v) is 6.83. The second-order valence-corrected chi connectivity index (χ2v) is 9.26. The molecular weight excluding hydrogens is 422 g/mol. The molecule has 0 saturated heterocycles. The topological polar surface area (TPSA) is 80.2 Å². The number of amides is 2. The van der Waals surface area contributed by atoms with E-state index in [9.17, 15) is 13.2 Å². The van der Waals surface area contributed by atoms with Gasteiger partial charge in [-0.15, -0.1) is 0 Å². The predicted molar refractivity (Wildman–Crippen MR) is 126 cm³/mol. The molecule has 164 valence electrons. The third-order valence-electron chi connectivity index (χ3n) is 5.49. The summed E-state index contributed by atoms with van der Waals surface area (Å²) >= 11 is 0. The van der Waals surface area contributed by atoms with E-state index in [1.807, 2.05) is 30.3 Å². The molecule has 4 aromatic rings. The SMILES string of the molecule is Cc1c(CCNC(=O)NS(=O)(=O)c2ccccc2)c2ccccc2n1Cc1ccccc1. The van der Waals surface area contributed by atoms with Crippen molar-refractivity contribution in [3.05, 3.63) is 102 Å². The third kappa shape index (κ3) is 4.68. The van der Waals surface area contributed by atoms with Crippen LogP contribution in [0.15, 0.2) is 89.8 Å². The zero-order valence-corrected chi connectivity index (χ0v) is 18.6. The van der Waals surface area contributed by atoms with Crippen molar-refractivity contribution in [1.82, 2.24) is 14.6 Å². The van der Waals surface area contributed by atoms with Crippen LogP contribution in [-0.2, 0) is 23.0 Å². The number of nitrogens with zero attached hydrogens (tertiary/aromatic N) is 1. The van der Waals surface area contributed by atoms with Crippen LogP contribution in [0.2, 0.25) is 0 Å². The average molecular weight is 448 g/mol. The molecule has 4 rings (SSSR count). The van der Waals surface area contributed by atoms with Crippen LogP contribution in [0.3, 0.4) is 0 Å². The highest BCUT2D eigenvalue weighted by Gasteiger charge is 2.18. The number of hydrogen-bond donors (Lipinski definition) is 2. The summed E-state index contributed by atoms with van der Waals surface area (Å²) in [7, 11) is -3.89. The van der Waals surface area contributed by atoms with E-state index in [4.69, 9.17) is 0 Å². The monoisotopic (exact) mass is 447 g/mol. The summed E-state index contributed by atoms with van der Waals surface area (Å²) in [6.45, 7) is 3.16. The molecule has 0 unspecified atom stereocenters. The number of hydrogen-bond acceptors (Lipinski definition) is 3. The maximum atomic E-state index is 12.3. The molecule has 32 heavy (non-hydrogen) atoms. The van der Waals surface area contributed by atoms with Gasteiger partial charge in [-0.1, -0.05) is 66.7 Å². The fourth-order valence-corrected chi connectivity index (χ4v) is 4.86. The minimum absolute atomic E-state index is 0.0509. The molecule has 2 amide bonds. The standard InChI is InChI=1S/C25H25N3O3S/c1-19-22(16-17-26-25(29)27-32(30,31)21-12-6-3-7-13-21)23-14-8-9-15-24(23)28(19)18-20-10-4-2-5-11-20/h2-15H,16-18H2,1H3,(H2,26,27,29). The van der Waals surface area contributed by atoms with Gasteiger partial charge in [0.15, 0.2) is 0 Å². The first-order valence-electron chi connectivity index (χ1n) is 10.4. The zero-order chi connectivity index (χ0) is 22.6. The molecule has 0 fully saturated rings. The van der Waals surface area contributed by atoms with Gasteiger partial charge < -0.3 is 9.88 Å². The summed E-state index contributed by atoms with van der Waals surface area (Å²) in [6.07, 6.45) is 0.590. The fraction of sp³-hybridized carbons (Fsp3) is 0.160. The molecular formula is C25H25N3O3S. The smallest absolute Gasteiger partial charge is 0.328 e. The Hall–Kier alpha value is -3.58. The molecule has 0 bridgehead atoms. The molecule has 1 heterocycles. The van der Waals surface area contributed by atoms with Gasteiger partial charge in [-0.05, 0) is 42.7 Å². The number of rotatable bonds is 7. The zero-order valence-electron chi connectivity index (χ0n) is 17.8. The Morgan fingerprint density at radius 2 is 1.50 bits per heavy atom. The molecule has 1 aromatic heterocycles. The Kier molecular flexibility index (Phi) is 6.28. The first kappa shape index (κ1) is 21.6. The number of carbonyl (C=O) groups is 1. The van der Waals surface area contributed by atoms with Crippen molar-refractivity contribution < 1.29 is 13.2 Å². The Morgan fingerprint density at radius 3 is 2.22 bits per heavy atom. The molecule has 0 aliphatic heterocycles. The highest BCUT2D eigenvalue weighted by Crippen LogP contribution is 2.27. The number of nitrogens with one attached hydrogen (secondary N) is 2. The average Bonchev–Trinajstić information content (AvgIpc) is 3.06. The normalized spacial score (nSPS) is 11.4. The Balaban J connectivity index is 1.47. The quantitative estimate of drug-likeness (QED) is 0.445. The second-order valence-electron chi connectivity index (χ2n) is 7.58. The Morgan fingerprint density at radius 1 is 0.875 bits per heavy atom. The Bertz CT molecular complexity index is 1330. The van der Waals surface area contributed by atoms with Crippen molar-refractivity contribution in [3.8, 4) is 0 Å². The predicted octanol–water partition coefficient (Wildman–Crippen LogP) is 4.23. The summed E-state index contributed by atoms with van der Waals surface area (Å²) < 4.78 is 29.0. The van der Waals surface area contributed by atoms with Crippen molar-refractivity contribution in [3.63, 3.8) is 0 Å². The van der Waals surface area contributed by atoms with Crippen molar-refractivity contribution >= 4 is 27.0 Å². The van der Waals surface area contributed by atoms with Gasteiger partial charge in [-0.2, -0.15) is 0 Å². The van der Waals surface area contributed by atoms with E-state index in [-0.39, 0.29) is 4.90 Å². The van der Waals surface area contributed by atoms with Crippen LogP contribution in [0.4, 0.5) is 4.79 Å². The van der Waals surface area contributed by atoms with E-state index >= 15 is 0 Å². The first-order valence-corrected chi connectivity index (χ1v) is 11.9. The summed E-state index contributed by atoms with van der Waals surface area (Å²) in [5, 5.41) is 3.81. The van der Waals surface area contributed by atoms with Crippen LogP contribution in [0.25, 0.3) is 10.9 Å². The molecule has 0 aliphatic carbocycles. The number of fused-ring (bicyclic) bond motifs is 1. The van der Waals surface area contributed by atoms with Crippen LogP contribution < -0.4 is 10.0 Å². The van der Waals surface area contributed by atoms with E-state index < -0.39 is 16.1 Å². The van der Waals surface area contributed by atoms with Gasteiger partial charge in [0.25, 0.3) is 10.0 Å². The molecule has 6 nitrogen and oxygen atoms in total. The number of para-hydroxylation sites is 1. The van der Waals surface area contributed by atoms with E-state index in [1.54, 1.807) is 18.2 Å². The molecule has 0 radical (unpaired) electrons. The number of carbonyl (C=O) groups excluding carboxylic acids is 1. The van der Waals surface area contributed by atoms with Gasteiger partial charge in [0.05, 0.1) is 4.90 Å². The molecule has 0 aliphatic rings. The summed E-state index contributed by atoms with van der Waals surface area (Å²) in [5.41, 5.74) is 4.63. The van der Waals surface area contributed by atoms with Gasteiger partial charge in [-0.25, -0.2) is 17.9 Å². The lowest BCUT2D eigenvalue weighted by atomic mass is 10.1. The lowest BCUT2D eigenvalue weighted by Crippen LogP contribution is -2.40. The van der Waals surface area contributed by atoms with E-state index in [0.717, 1.165) is 28.7 Å². The largest absolute Gasteiger partial charge is 0.340 e. The van der Waals surface area contributed by atoms with Gasteiger partial charge in [0, 0.05) is 29.7 Å². The first-order chi connectivity index (χ1) is 15.5. The summed E-state index contributed by atoms with van der Waals surface area (Å²) in [4.78, 5) is 12.3. The number of urea groups is 1. The van der Waals surface area contributed by atoms with Crippen LogP contribution in [-0.4, -0.2) is 25.6 Å². The van der Waals surface area contributed by atoms with Crippen LogP contribution in [0, 0.1) is 6.92 Å². The van der Waals surface area contributed by atoms with E-state index in [1.165, 1.54) is 17.7 Å². The summed E-state index contributed by atoms with van der Waals surface area (Å²) in [6, 6.07) is 25.6. The van der Waals surface area contributed by atoms with Gasteiger partial charge in [0.1, 0.15) is 0 Å². The molecule has 7 heteroatoms. The van der Waals surface area contributed by atoms with Crippen molar-refractivity contribution in [2.45, 2.75) is 24.8 Å². The number of sulfonamides is 1. The fourth-order valence-electron chi connectivity index (χ4n) is 3.91. The second kappa shape index (κ2) is 9.28. The van der Waals surface area contributed by atoms with Crippen molar-refractivity contribution in [1.29, 1.82) is 0 Å². The summed E-state index contributed by atoms with van der Waals surface area (Å²) in [5.74, 6) is 0. The van der Waals surface area contributed by atoms with Gasteiger partial charge in [-0.3, -0.25) is 0 Å². The Labute approximate surface area is 187 Å². The van der Waals surface area contributed by atoms with Crippen LogP contribution in [0.5, 0.6) is 0 Å². The van der Waals surface area contributed by atoms with E-state index in [0.29, 0.717) is 13.0 Å². The minimum atomic E-state index is -3.89. The molecule has 0 spiro atoms. The maximum Gasteiger partial charge on any atom is 0.328 e. The molecule has 0 atom stereocenters. The highest BCUT2D eigenvalue weighted by molar-refractivity contribution is 7.90. The van der Waals surface area contributed by atoms with Gasteiger partial charge in [0.2, 0.25) is 0 Å². The molecule has 2 N–H and O–H groups in total. The lowest BCUT2D eigenvalue weighted by Gasteiger charge is -2.10. The molecule has 0 saturated carbocycles. The number of aromatic nitrogens is 1. The molecule has 3 aromatic carbocycles.